The summed E-state index contributed by atoms with van der Waals surface area (Å²) >= 11 is 0. The standard InChI is InChI=1S/C21H26N4O5/c1-12(18(26)24-21(29)22-14-5-2-3-6-14)30-20(28)13-8-9-16-15(11-13)23-19(27)17-7-4-10-25(16)17/h8-9,11-12,14,17H,2-7,10H2,1H3,(H,23,27)(H2,22,24,26,29)/t12-,17-/m1/s1. The minimum Gasteiger partial charge on any atom is -0.449 e. The number of fused-ring (bicyclic) bond motifs is 3. The molecule has 2 aliphatic heterocycles. The normalized spacial score (nSPS) is 21.3. The highest BCUT2D eigenvalue weighted by molar-refractivity contribution is 6.06. The molecule has 9 nitrogen and oxygen atoms in total. The highest BCUT2D eigenvalue weighted by atomic mass is 16.5. The molecule has 1 saturated heterocycles. The number of anilines is 2. The van der Waals surface area contributed by atoms with Crippen molar-refractivity contribution < 1.29 is 23.9 Å². The number of nitrogens with zero attached hydrogens (tertiary/aromatic N) is 1. The molecule has 2 atom stereocenters. The summed E-state index contributed by atoms with van der Waals surface area (Å²) in [6.07, 6.45) is 4.55. The molecule has 3 aliphatic rings. The van der Waals surface area contributed by atoms with E-state index in [1.807, 2.05) is 4.90 Å². The number of carbonyl (C=O) groups excluding carboxylic acids is 4. The lowest BCUT2D eigenvalue weighted by Gasteiger charge is -2.33. The third-order valence-corrected chi connectivity index (χ3v) is 5.94. The van der Waals surface area contributed by atoms with E-state index in [1.165, 1.54) is 6.92 Å². The summed E-state index contributed by atoms with van der Waals surface area (Å²) in [5.41, 5.74) is 1.66. The number of nitrogens with one attached hydrogen (secondary N) is 3. The van der Waals surface area contributed by atoms with Crippen molar-refractivity contribution in [3.05, 3.63) is 23.8 Å². The van der Waals surface area contributed by atoms with Gasteiger partial charge in [0.15, 0.2) is 6.10 Å². The second-order valence-corrected chi connectivity index (χ2v) is 8.06. The van der Waals surface area contributed by atoms with E-state index in [4.69, 9.17) is 4.74 Å². The third kappa shape index (κ3) is 4.10. The van der Waals surface area contributed by atoms with Crippen molar-refractivity contribution in [1.29, 1.82) is 0 Å². The lowest BCUT2D eigenvalue weighted by atomic mass is 10.1. The molecule has 4 rings (SSSR count). The summed E-state index contributed by atoms with van der Waals surface area (Å²) < 4.78 is 5.22. The van der Waals surface area contributed by atoms with Crippen LogP contribution >= 0.6 is 0 Å². The van der Waals surface area contributed by atoms with Crippen molar-refractivity contribution in [3.63, 3.8) is 0 Å². The summed E-state index contributed by atoms with van der Waals surface area (Å²) in [6.45, 7) is 2.21. The maximum absolute atomic E-state index is 12.5. The molecule has 2 fully saturated rings. The zero-order valence-corrected chi connectivity index (χ0v) is 16.9. The van der Waals surface area contributed by atoms with Gasteiger partial charge in [0.2, 0.25) is 5.91 Å². The molecule has 0 aromatic heterocycles. The minimum atomic E-state index is -1.14. The molecule has 2 heterocycles. The fourth-order valence-corrected chi connectivity index (χ4v) is 4.34. The van der Waals surface area contributed by atoms with Crippen LogP contribution < -0.4 is 20.9 Å². The van der Waals surface area contributed by atoms with E-state index in [1.54, 1.807) is 18.2 Å². The lowest BCUT2D eigenvalue weighted by Crippen LogP contribution is -2.47. The Kier molecular flexibility index (Phi) is 5.61. The Balaban J connectivity index is 1.35. The van der Waals surface area contributed by atoms with Crippen LogP contribution in [0.3, 0.4) is 0 Å². The first kappa shape index (κ1) is 20.2. The Morgan fingerprint density at radius 2 is 1.93 bits per heavy atom. The number of benzene rings is 1. The molecule has 0 bridgehead atoms. The molecule has 1 aromatic carbocycles. The second kappa shape index (κ2) is 8.33. The van der Waals surface area contributed by atoms with Gasteiger partial charge in [-0.05, 0) is 50.8 Å². The SMILES string of the molecule is C[C@@H](OC(=O)c1ccc2c(c1)NC(=O)[C@H]1CCCN21)C(=O)NC(=O)NC1CCCC1. The molecule has 4 amide bonds. The molecule has 1 saturated carbocycles. The van der Waals surface area contributed by atoms with Gasteiger partial charge in [0.05, 0.1) is 16.9 Å². The molecule has 1 aliphatic carbocycles. The van der Waals surface area contributed by atoms with Gasteiger partial charge in [0, 0.05) is 12.6 Å². The number of rotatable bonds is 4. The minimum absolute atomic E-state index is 0.0773. The molecule has 1 aromatic rings. The number of imide groups is 1. The van der Waals surface area contributed by atoms with Crippen LogP contribution in [0.2, 0.25) is 0 Å². The van der Waals surface area contributed by atoms with Crippen molar-refractivity contribution in [3.8, 4) is 0 Å². The highest BCUT2D eigenvalue weighted by Gasteiger charge is 2.36. The van der Waals surface area contributed by atoms with Gasteiger partial charge < -0.3 is 20.3 Å². The van der Waals surface area contributed by atoms with E-state index in [-0.39, 0.29) is 23.6 Å². The van der Waals surface area contributed by atoms with Gasteiger partial charge >= 0.3 is 12.0 Å². The number of carbonyl (C=O) groups is 4. The number of ether oxygens (including phenoxy) is 1. The fraction of sp³-hybridized carbons (Fsp3) is 0.524. The molecule has 160 valence electrons. The van der Waals surface area contributed by atoms with E-state index in [0.717, 1.165) is 50.8 Å². The van der Waals surface area contributed by atoms with Crippen molar-refractivity contribution >= 4 is 35.2 Å². The summed E-state index contributed by atoms with van der Waals surface area (Å²) in [7, 11) is 0. The first-order valence-electron chi connectivity index (χ1n) is 10.5. The van der Waals surface area contributed by atoms with Crippen LogP contribution in [-0.4, -0.2) is 48.5 Å². The number of hydrogen-bond acceptors (Lipinski definition) is 6. The number of amides is 4. The lowest BCUT2D eigenvalue weighted by molar-refractivity contribution is -0.128. The van der Waals surface area contributed by atoms with Crippen molar-refractivity contribution in [2.75, 3.05) is 16.8 Å². The maximum Gasteiger partial charge on any atom is 0.338 e. The van der Waals surface area contributed by atoms with Crippen LogP contribution in [0.15, 0.2) is 18.2 Å². The van der Waals surface area contributed by atoms with Gasteiger partial charge in [-0.15, -0.1) is 0 Å². The zero-order valence-electron chi connectivity index (χ0n) is 16.9. The van der Waals surface area contributed by atoms with Gasteiger partial charge in [-0.3, -0.25) is 14.9 Å². The molecular formula is C21H26N4O5. The number of esters is 1. The smallest absolute Gasteiger partial charge is 0.338 e. The van der Waals surface area contributed by atoms with Crippen LogP contribution in [0.25, 0.3) is 0 Å². The van der Waals surface area contributed by atoms with Gasteiger partial charge in [0.25, 0.3) is 5.91 Å². The van der Waals surface area contributed by atoms with Crippen molar-refractivity contribution in [2.24, 2.45) is 0 Å². The summed E-state index contributed by atoms with van der Waals surface area (Å²) in [5, 5.41) is 7.81. The maximum atomic E-state index is 12.5. The van der Waals surface area contributed by atoms with Crippen LogP contribution in [-0.2, 0) is 14.3 Å². The van der Waals surface area contributed by atoms with E-state index in [9.17, 15) is 19.2 Å². The predicted octanol–water partition coefficient (Wildman–Crippen LogP) is 1.92. The average Bonchev–Trinajstić information content (AvgIpc) is 3.39. The molecule has 30 heavy (non-hydrogen) atoms. The predicted molar refractivity (Wildman–Crippen MR) is 109 cm³/mol. The highest BCUT2D eigenvalue weighted by Crippen LogP contribution is 2.37. The molecule has 0 unspecified atom stereocenters. The Morgan fingerprint density at radius 1 is 1.17 bits per heavy atom. The van der Waals surface area contributed by atoms with Crippen molar-refractivity contribution in [1.82, 2.24) is 10.6 Å². The van der Waals surface area contributed by atoms with Crippen molar-refractivity contribution in [2.45, 2.75) is 63.6 Å². The Morgan fingerprint density at radius 3 is 2.70 bits per heavy atom. The summed E-state index contributed by atoms with van der Waals surface area (Å²) in [5.74, 6) is -1.47. The fourth-order valence-electron chi connectivity index (χ4n) is 4.34. The average molecular weight is 414 g/mol. The quantitative estimate of drug-likeness (QED) is 0.648. The Bertz CT molecular complexity index is 880. The Labute approximate surface area is 174 Å². The molecule has 3 N–H and O–H groups in total. The molecular weight excluding hydrogens is 388 g/mol. The molecule has 0 spiro atoms. The third-order valence-electron chi connectivity index (χ3n) is 5.94. The van der Waals surface area contributed by atoms with Crippen LogP contribution in [0.5, 0.6) is 0 Å². The first-order valence-corrected chi connectivity index (χ1v) is 10.5. The number of urea groups is 1. The van der Waals surface area contributed by atoms with Crippen LogP contribution in [0.1, 0.15) is 55.8 Å². The van der Waals surface area contributed by atoms with E-state index >= 15 is 0 Å². The largest absolute Gasteiger partial charge is 0.449 e. The van der Waals surface area contributed by atoms with E-state index in [2.05, 4.69) is 16.0 Å². The molecule has 9 heteroatoms. The van der Waals surface area contributed by atoms with Gasteiger partial charge in [0.1, 0.15) is 6.04 Å². The summed E-state index contributed by atoms with van der Waals surface area (Å²) in [6, 6.07) is 4.30. The van der Waals surface area contributed by atoms with Crippen LogP contribution in [0.4, 0.5) is 16.2 Å². The van der Waals surface area contributed by atoms with Gasteiger partial charge in [-0.2, -0.15) is 0 Å². The number of hydrogen-bond donors (Lipinski definition) is 3. The second-order valence-electron chi connectivity index (χ2n) is 8.06. The van der Waals surface area contributed by atoms with Crippen LogP contribution in [0, 0.1) is 0 Å². The van der Waals surface area contributed by atoms with Gasteiger partial charge in [-0.1, -0.05) is 12.8 Å². The molecule has 0 radical (unpaired) electrons. The van der Waals surface area contributed by atoms with Gasteiger partial charge in [-0.25, -0.2) is 9.59 Å². The topological polar surface area (TPSA) is 117 Å². The summed E-state index contributed by atoms with van der Waals surface area (Å²) in [4.78, 5) is 50.9. The van der Waals surface area contributed by atoms with E-state index < -0.39 is 24.0 Å². The Hall–Kier alpha value is -3.10. The first-order chi connectivity index (χ1) is 14.4. The monoisotopic (exact) mass is 414 g/mol. The zero-order chi connectivity index (χ0) is 21.3. The van der Waals surface area contributed by atoms with E-state index in [0.29, 0.717) is 5.69 Å².